The van der Waals surface area contributed by atoms with E-state index >= 15 is 0 Å². The fourth-order valence-electron chi connectivity index (χ4n) is 3.69. The van der Waals surface area contributed by atoms with Crippen LogP contribution >= 0.6 is 0 Å². The van der Waals surface area contributed by atoms with Gasteiger partial charge in [0.25, 0.3) is 0 Å². The van der Waals surface area contributed by atoms with Crippen molar-refractivity contribution in [3.8, 4) is 5.75 Å². The minimum atomic E-state index is 0.338. The summed E-state index contributed by atoms with van der Waals surface area (Å²) < 4.78 is 17.0. The molecule has 2 aromatic carbocycles. The third-order valence-corrected chi connectivity index (χ3v) is 5.40. The number of aliphatic imine (C=N–C) groups is 1. The molecule has 31 heavy (non-hydrogen) atoms. The predicted molar refractivity (Wildman–Crippen MR) is 124 cm³/mol. The lowest BCUT2D eigenvalue weighted by atomic mass is 10.1. The van der Waals surface area contributed by atoms with Gasteiger partial charge in [0.05, 0.1) is 6.10 Å². The van der Waals surface area contributed by atoms with Crippen LogP contribution in [0.25, 0.3) is 0 Å². The Morgan fingerprint density at radius 2 is 1.81 bits per heavy atom. The van der Waals surface area contributed by atoms with E-state index in [2.05, 4.69) is 39.5 Å². The molecule has 0 aromatic heterocycles. The van der Waals surface area contributed by atoms with E-state index in [0.29, 0.717) is 19.3 Å². The van der Waals surface area contributed by atoms with Gasteiger partial charge in [0, 0.05) is 47.0 Å². The first-order valence-electron chi connectivity index (χ1n) is 11.1. The van der Waals surface area contributed by atoms with Crippen LogP contribution in [0, 0.1) is 0 Å². The van der Waals surface area contributed by atoms with Crippen molar-refractivity contribution < 1.29 is 14.2 Å². The number of hydrogen-bond donors (Lipinski definition) is 1. The Morgan fingerprint density at radius 3 is 2.55 bits per heavy atom. The molecule has 1 aliphatic heterocycles. The van der Waals surface area contributed by atoms with Crippen LogP contribution < -0.4 is 10.1 Å². The SMILES string of the molecule is CN=C(NCc1cccc(OCc2ccccc2)c1)N1CCC(OCCCOC)CC1. The number of ether oxygens (including phenoxy) is 3. The number of benzene rings is 2. The maximum Gasteiger partial charge on any atom is 0.193 e. The van der Waals surface area contributed by atoms with Crippen molar-refractivity contribution in [2.45, 2.75) is 38.5 Å². The zero-order valence-corrected chi connectivity index (χ0v) is 18.8. The van der Waals surface area contributed by atoms with Crippen LogP contribution in [0.2, 0.25) is 0 Å². The average molecular weight is 426 g/mol. The van der Waals surface area contributed by atoms with Crippen LogP contribution in [0.3, 0.4) is 0 Å². The van der Waals surface area contributed by atoms with Gasteiger partial charge in [0.1, 0.15) is 12.4 Å². The van der Waals surface area contributed by atoms with Crippen molar-refractivity contribution in [3.63, 3.8) is 0 Å². The first kappa shape index (κ1) is 23.1. The van der Waals surface area contributed by atoms with Gasteiger partial charge in [0.2, 0.25) is 0 Å². The maximum absolute atomic E-state index is 5.96. The van der Waals surface area contributed by atoms with Crippen LogP contribution in [-0.4, -0.2) is 57.4 Å². The van der Waals surface area contributed by atoms with Gasteiger partial charge >= 0.3 is 0 Å². The summed E-state index contributed by atoms with van der Waals surface area (Å²) in [4.78, 5) is 6.79. The zero-order valence-electron chi connectivity index (χ0n) is 18.8. The number of rotatable bonds is 10. The maximum atomic E-state index is 5.96. The van der Waals surface area contributed by atoms with E-state index in [1.807, 2.05) is 37.4 Å². The van der Waals surface area contributed by atoms with Gasteiger partial charge in [-0.05, 0) is 42.5 Å². The molecule has 0 spiro atoms. The van der Waals surface area contributed by atoms with Gasteiger partial charge in [-0.2, -0.15) is 0 Å². The fourth-order valence-corrected chi connectivity index (χ4v) is 3.69. The molecule has 0 aliphatic carbocycles. The highest BCUT2D eigenvalue weighted by Crippen LogP contribution is 2.17. The van der Waals surface area contributed by atoms with Crippen molar-refractivity contribution in [1.29, 1.82) is 0 Å². The van der Waals surface area contributed by atoms with Crippen molar-refractivity contribution in [2.75, 3.05) is 40.5 Å². The topological polar surface area (TPSA) is 55.3 Å². The summed E-state index contributed by atoms with van der Waals surface area (Å²) in [5.74, 6) is 1.82. The lowest BCUT2D eigenvalue weighted by molar-refractivity contribution is 0.00989. The largest absolute Gasteiger partial charge is 0.489 e. The highest BCUT2D eigenvalue weighted by atomic mass is 16.5. The number of methoxy groups -OCH3 is 1. The van der Waals surface area contributed by atoms with E-state index < -0.39 is 0 Å². The van der Waals surface area contributed by atoms with E-state index in [0.717, 1.165) is 62.8 Å². The highest BCUT2D eigenvalue weighted by Gasteiger charge is 2.21. The van der Waals surface area contributed by atoms with Crippen LogP contribution in [0.15, 0.2) is 59.6 Å². The standard InChI is InChI=1S/C25H35N3O3/c1-26-25(28-14-12-23(13-15-28)30-17-7-16-29-2)27-19-22-10-6-11-24(18-22)31-20-21-8-4-3-5-9-21/h3-6,8-11,18,23H,7,12-17,19-20H2,1-2H3,(H,26,27). The third-order valence-electron chi connectivity index (χ3n) is 5.40. The second kappa shape index (κ2) is 13.0. The van der Waals surface area contributed by atoms with Gasteiger partial charge in [-0.15, -0.1) is 0 Å². The van der Waals surface area contributed by atoms with E-state index in [-0.39, 0.29) is 0 Å². The number of hydrogen-bond acceptors (Lipinski definition) is 4. The first-order valence-corrected chi connectivity index (χ1v) is 11.1. The molecule has 0 bridgehead atoms. The molecule has 0 atom stereocenters. The number of guanidine groups is 1. The summed E-state index contributed by atoms with van der Waals surface area (Å²) in [6.07, 6.45) is 3.34. The Kier molecular flexibility index (Phi) is 9.67. The van der Waals surface area contributed by atoms with Gasteiger partial charge in [0.15, 0.2) is 5.96 Å². The summed E-state index contributed by atoms with van der Waals surface area (Å²) in [5.41, 5.74) is 2.33. The minimum absolute atomic E-state index is 0.338. The molecule has 1 heterocycles. The monoisotopic (exact) mass is 425 g/mol. The minimum Gasteiger partial charge on any atom is -0.489 e. The Labute approximate surface area is 186 Å². The van der Waals surface area contributed by atoms with Crippen LogP contribution in [0.4, 0.5) is 0 Å². The Morgan fingerprint density at radius 1 is 1.03 bits per heavy atom. The highest BCUT2D eigenvalue weighted by molar-refractivity contribution is 5.80. The average Bonchev–Trinajstić information content (AvgIpc) is 2.83. The molecule has 2 aromatic rings. The fraction of sp³-hybridized carbons (Fsp3) is 0.480. The molecule has 0 radical (unpaired) electrons. The van der Waals surface area contributed by atoms with Gasteiger partial charge in [-0.1, -0.05) is 42.5 Å². The Hall–Kier alpha value is -2.57. The van der Waals surface area contributed by atoms with Gasteiger partial charge in [-0.3, -0.25) is 4.99 Å². The van der Waals surface area contributed by atoms with E-state index in [1.165, 1.54) is 5.56 Å². The number of piperidine rings is 1. The number of nitrogens with zero attached hydrogens (tertiary/aromatic N) is 2. The second-order valence-electron chi connectivity index (χ2n) is 7.73. The van der Waals surface area contributed by atoms with Gasteiger partial charge in [-0.25, -0.2) is 0 Å². The van der Waals surface area contributed by atoms with E-state index in [4.69, 9.17) is 14.2 Å². The van der Waals surface area contributed by atoms with Gasteiger partial charge < -0.3 is 24.4 Å². The summed E-state index contributed by atoms with van der Waals surface area (Å²) in [6.45, 7) is 4.72. The normalized spacial score (nSPS) is 15.2. The van der Waals surface area contributed by atoms with Crippen molar-refractivity contribution in [3.05, 3.63) is 65.7 Å². The lowest BCUT2D eigenvalue weighted by Gasteiger charge is -2.34. The quantitative estimate of drug-likeness (QED) is 0.356. The zero-order chi connectivity index (χ0) is 21.7. The Balaban J connectivity index is 1.42. The molecular weight excluding hydrogens is 390 g/mol. The molecule has 6 heteroatoms. The molecule has 168 valence electrons. The number of likely N-dealkylation sites (tertiary alicyclic amines) is 1. The molecule has 0 amide bonds. The van der Waals surface area contributed by atoms with Crippen LogP contribution in [-0.2, 0) is 22.6 Å². The lowest BCUT2D eigenvalue weighted by Crippen LogP contribution is -2.46. The summed E-state index contributed by atoms with van der Waals surface area (Å²) in [7, 11) is 3.57. The smallest absolute Gasteiger partial charge is 0.193 e. The predicted octanol–water partition coefficient (Wildman–Crippen LogP) is 3.86. The molecule has 0 unspecified atom stereocenters. The summed E-state index contributed by atoms with van der Waals surface area (Å²) in [5, 5.41) is 3.49. The molecule has 1 aliphatic rings. The van der Waals surface area contributed by atoms with Crippen molar-refractivity contribution in [2.24, 2.45) is 4.99 Å². The summed E-state index contributed by atoms with van der Waals surface area (Å²) >= 11 is 0. The molecule has 6 nitrogen and oxygen atoms in total. The first-order chi connectivity index (χ1) is 15.3. The molecule has 3 rings (SSSR count). The molecule has 1 N–H and O–H groups in total. The van der Waals surface area contributed by atoms with E-state index in [9.17, 15) is 0 Å². The Bertz CT molecular complexity index is 790. The van der Waals surface area contributed by atoms with Crippen molar-refractivity contribution >= 4 is 5.96 Å². The third kappa shape index (κ3) is 7.89. The van der Waals surface area contributed by atoms with Crippen LogP contribution in [0.5, 0.6) is 5.75 Å². The van der Waals surface area contributed by atoms with E-state index in [1.54, 1.807) is 7.11 Å². The molecule has 0 saturated carbocycles. The van der Waals surface area contributed by atoms with Crippen LogP contribution in [0.1, 0.15) is 30.4 Å². The molecule has 1 fully saturated rings. The molecular formula is C25H35N3O3. The molecule has 1 saturated heterocycles. The second-order valence-corrected chi connectivity index (χ2v) is 7.73. The number of nitrogens with one attached hydrogen (secondary N) is 1. The van der Waals surface area contributed by atoms with Crippen molar-refractivity contribution in [1.82, 2.24) is 10.2 Å². The summed E-state index contributed by atoms with van der Waals surface area (Å²) in [6, 6.07) is 18.4.